The van der Waals surface area contributed by atoms with Crippen LogP contribution in [0.25, 0.3) is 0 Å². The number of esters is 1. The lowest BCUT2D eigenvalue weighted by atomic mass is 10.1. The largest absolute Gasteiger partial charge is 0.461 e. The fourth-order valence-electron chi connectivity index (χ4n) is 3.04. The first-order valence-corrected chi connectivity index (χ1v) is 9.39. The van der Waals surface area contributed by atoms with Crippen LogP contribution in [0.2, 0.25) is 0 Å². The quantitative estimate of drug-likeness (QED) is 0.403. The van der Waals surface area contributed by atoms with Crippen molar-refractivity contribution in [2.75, 3.05) is 13.1 Å². The second kappa shape index (κ2) is 9.17. The minimum absolute atomic E-state index is 0.0763. The zero-order valence-electron chi connectivity index (χ0n) is 16.4. The van der Waals surface area contributed by atoms with Crippen molar-refractivity contribution >= 4 is 23.5 Å². The third-order valence-electron chi connectivity index (χ3n) is 4.75. The van der Waals surface area contributed by atoms with Gasteiger partial charge in [-0.25, -0.2) is 0 Å². The van der Waals surface area contributed by atoms with E-state index < -0.39 is 28.6 Å². The number of benzene rings is 2. The predicted molar refractivity (Wildman–Crippen MR) is 106 cm³/mol. The van der Waals surface area contributed by atoms with Gasteiger partial charge in [0.2, 0.25) is 5.91 Å². The molecule has 2 aromatic rings. The van der Waals surface area contributed by atoms with E-state index in [-0.39, 0.29) is 37.5 Å². The van der Waals surface area contributed by atoms with Crippen molar-refractivity contribution < 1.29 is 24.0 Å². The number of non-ortho nitro benzene ring substituents is 1. The molecular weight excluding hydrogens is 390 g/mol. The number of amides is 2. The Balaban J connectivity index is 1.46. The second-order valence-electron chi connectivity index (χ2n) is 7.06. The topological polar surface area (TPSA) is 119 Å². The second-order valence-corrected chi connectivity index (χ2v) is 7.06. The molecule has 0 aliphatic carbocycles. The molecule has 1 aliphatic rings. The summed E-state index contributed by atoms with van der Waals surface area (Å²) in [7, 11) is 0. The molecule has 156 valence electrons. The maximum absolute atomic E-state index is 12.4. The van der Waals surface area contributed by atoms with Gasteiger partial charge < -0.3 is 15.0 Å². The number of hydrogen-bond donors (Lipinski definition) is 1. The van der Waals surface area contributed by atoms with E-state index in [1.54, 1.807) is 6.92 Å². The Kier molecular flexibility index (Phi) is 6.41. The van der Waals surface area contributed by atoms with Crippen LogP contribution in [0, 0.1) is 16.0 Å². The maximum atomic E-state index is 12.4. The Morgan fingerprint density at radius 1 is 1.23 bits per heavy atom. The third kappa shape index (κ3) is 4.99. The molecule has 1 atom stereocenters. The van der Waals surface area contributed by atoms with Gasteiger partial charge in [0.25, 0.3) is 11.6 Å². The highest BCUT2D eigenvalue weighted by Crippen LogP contribution is 2.26. The summed E-state index contributed by atoms with van der Waals surface area (Å²) in [5.74, 6) is -1.84. The molecule has 2 amide bonds. The Morgan fingerprint density at radius 3 is 2.67 bits per heavy atom. The molecule has 1 aliphatic heterocycles. The summed E-state index contributed by atoms with van der Waals surface area (Å²) in [4.78, 5) is 48.3. The lowest BCUT2D eigenvalue weighted by Crippen LogP contribution is -2.40. The van der Waals surface area contributed by atoms with Crippen molar-refractivity contribution in [3.05, 3.63) is 75.3 Å². The number of carbonyl (C=O) groups excluding carboxylic acids is 3. The zero-order valence-corrected chi connectivity index (χ0v) is 16.4. The average molecular weight is 411 g/mol. The van der Waals surface area contributed by atoms with Crippen molar-refractivity contribution in [1.29, 1.82) is 0 Å². The van der Waals surface area contributed by atoms with E-state index in [1.807, 2.05) is 30.3 Å². The van der Waals surface area contributed by atoms with Crippen LogP contribution in [0.5, 0.6) is 0 Å². The van der Waals surface area contributed by atoms with E-state index in [1.165, 1.54) is 23.1 Å². The molecule has 1 N–H and O–H groups in total. The lowest BCUT2D eigenvalue weighted by Gasteiger charge is -2.17. The SMILES string of the molecule is C[C@H](CNC(=O)CN1Cc2ccc([N+](=O)[O-])cc2C1=O)C(=O)OCc1ccccc1. The molecule has 0 radical (unpaired) electrons. The normalized spacial score (nSPS) is 13.5. The number of nitro groups is 1. The Bertz CT molecular complexity index is 976. The summed E-state index contributed by atoms with van der Waals surface area (Å²) in [5, 5.41) is 13.5. The minimum atomic E-state index is -0.568. The molecule has 2 aromatic carbocycles. The molecule has 1 heterocycles. The highest BCUT2D eigenvalue weighted by molar-refractivity contribution is 6.00. The van der Waals surface area contributed by atoms with Gasteiger partial charge in [0.15, 0.2) is 0 Å². The molecule has 9 heteroatoms. The van der Waals surface area contributed by atoms with Crippen LogP contribution in [-0.2, 0) is 27.5 Å². The molecule has 0 fully saturated rings. The number of nitrogens with zero attached hydrogens (tertiary/aromatic N) is 2. The summed E-state index contributed by atoms with van der Waals surface area (Å²) >= 11 is 0. The van der Waals surface area contributed by atoms with Crippen molar-refractivity contribution in [2.45, 2.75) is 20.1 Å². The molecule has 9 nitrogen and oxygen atoms in total. The highest BCUT2D eigenvalue weighted by atomic mass is 16.6. The van der Waals surface area contributed by atoms with Gasteiger partial charge in [-0.2, -0.15) is 0 Å². The molecule has 0 aromatic heterocycles. The molecule has 0 saturated heterocycles. The molecule has 3 rings (SSSR count). The standard InChI is InChI=1S/C21H21N3O6/c1-14(21(27)30-13-15-5-3-2-4-6-15)10-22-19(25)12-23-11-16-7-8-17(24(28)29)9-18(16)20(23)26/h2-9,14H,10-13H2,1H3,(H,22,25)/t14-/m1/s1. The van der Waals surface area contributed by atoms with Crippen LogP contribution in [0.4, 0.5) is 5.69 Å². The third-order valence-corrected chi connectivity index (χ3v) is 4.75. The van der Waals surface area contributed by atoms with Crippen LogP contribution in [0.1, 0.15) is 28.4 Å². The van der Waals surface area contributed by atoms with E-state index in [0.29, 0.717) is 5.56 Å². The van der Waals surface area contributed by atoms with Gasteiger partial charge in [-0.3, -0.25) is 24.5 Å². The summed E-state index contributed by atoms with van der Waals surface area (Å²) < 4.78 is 5.24. The van der Waals surface area contributed by atoms with E-state index in [0.717, 1.165) is 5.56 Å². The molecule has 0 unspecified atom stereocenters. The number of hydrogen-bond acceptors (Lipinski definition) is 6. The summed E-state index contributed by atoms with van der Waals surface area (Å²) in [6.45, 7) is 1.88. The lowest BCUT2D eigenvalue weighted by molar-refractivity contribution is -0.384. The van der Waals surface area contributed by atoms with Gasteiger partial charge in [0, 0.05) is 25.2 Å². The molecular formula is C21H21N3O6. The van der Waals surface area contributed by atoms with E-state index in [2.05, 4.69) is 5.32 Å². The summed E-state index contributed by atoms with van der Waals surface area (Å²) in [6.07, 6.45) is 0. The fraction of sp³-hybridized carbons (Fsp3) is 0.286. The molecule has 0 saturated carbocycles. The zero-order chi connectivity index (χ0) is 21.7. The number of nitro benzene ring substituents is 1. The van der Waals surface area contributed by atoms with Crippen LogP contribution >= 0.6 is 0 Å². The van der Waals surface area contributed by atoms with E-state index in [4.69, 9.17) is 4.74 Å². The van der Waals surface area contributed by atoms with Gasteiger partial charge in [-0.15, -0.1) is 0 Å². The number of nitrogens with one attached hydrogen (secondary N) is 1. The van der Waals surface area contributed by atoms with Gasteiger partial charge in [-0.05, 0) is 17.2 Å². The number of rotatable bonds is 8. The van der Waals surface area contributed by atoms with Crippen molar-refractivity contribution in [3.63, 3.8) is 0 Å². The number of carbonyl (C=O) groups is 3. The predicted octanol–water partition coefficient (Wildman–Crippen LogP) is 2.05. The van der Waals surface area contributed by atoms with Crippen LogP contribution < -0.4 is 5.32 Å². The van der Waals surface area contributed by atoms with Crippen molar-refractivity contribution in [1.82, 2.24) is 10.2 Å². The summed E-state index contributed by atoms with van der Waals surface area (Å²) in [5.41, 5.74) is 1.57. The van der Waals surface area contributed by atoms with Gasteiger partial charge >= 0.3 is 5.97 Å². The molecule has 30 heavy (non-hydrogen) atoms. The summed E-state index contributed by atoms with van der Waals surface area (Å²) in [6, 6.07) is 13.3. The Hall–Kier alpha value is -3.75. The van der Waals surface area contributed by atoms with Crippen LogP contribution in [0.15, 0.2) is 48.5 Å². The maximum Gasteiger partial charge on any atom is 0.310 e. The number of fused-ring (bicyclic) bond motifs is 1. The average Bonchev–Trinajstić information content (AvgIpc) is 3.05. The van der Waals surface area contributed by atoms with Gasteiger partial charge in [0.05, 0.1) is 16.4 Å². The van der Waals surface area contributed by atoms with Gasteiger partial charge in [0.1, 0.15) is 13.2 Å². The van der Waals surface area contributed by atoms with Crippen molar-refractivity contribution in [3.8, 4) is 0 Å². The van der Waals surface area contributed by atoms with Crippen molar-refractivity contribution in [2.24, 2.45) is 5.92 Å². The van der Waals surface area contributed by atoms with Crippen LogP contribution in [0.3, 0.4) is 0 Å². The number of ether oxygens (including phenoxy) is 1. The van der Waals surface area contributed by atoms with E-state index in [9.17, 15) is 24.5 Å². The van der Waals surface area contributed by atoms with E-state index >= 15 is 0 Å². The monoisotopic (exact) mass is 411 g/mol. The fourth-order valence-corrected chi connectivity index (χ4v) is 3.04. The highest BCUT2D eigenvalue weighted by Gasteiger charge is 2.30. The first-order chi connectivity index (χ1) is 14.3. The first-order valence-electron chi connectivity index (χ1n) is 9.39. The first kappa shape index (κ1) is 21.0. The van der Waals surface area contributed by atoms with Gasteiger partial charge in [-0.1, -0.05) is 37.3 Å². The Morgan fingerprint density at radius 2 is 1.97 bits per heavy atom. The Labute approximate surface area is 172 Å². The molecule has 0 bridgehead atoms. The molecule has 0 spiro atoms. The minimum Gasteiger partial charge on any atom is -0.461 e. The smallest absolute Gasteiger partial charge is 0.310 e. The van der Waals surface area contributed by atoms with Crippen LogP contribution in [-0.4, -0.2) is 40.7 Å².